The first-order chi connectivity index (χ1) is 5.79. The molecule has 1 unspecified atom stereocenters. The molecule has 0 saturated carbocycles. The van der Waals surface area contributed by atoms with Crippen LogP contribution in [0.4, 0.5) is 0 Å². The zero-order chi connectivity index (χ0) is 8.97. The van der Waals surface area contributed by atoms with Crippen molar-refractivity contribution in [3.63, 3.8) is 0 Å². The minimum atomic E-state index is -0.510. The molecule has 0 fully saturated rings. The standard InChI is InChI=1S/C7H9O3PS/c1-5-3-4-12-6(5)7(9-2)10-11-8/h3-4,7H,1-2H3. The van der Waals surface area contributed by atoms with Crippen LogP contribution < -0.4 is 0 Å². The van der Waals surface area contributed by atoms with Crippen LogP contribution in [-0.4, -0.2) is 7.11 Å². The molecule has 3 nitrogen and oxygen atoms in total. The first kappa shape index (κ1) is 9.81. The van der Waals surface area contributed by atoms with Crippen molar-refractivity contribution in [3.8, 4) is 0 Å². The summed E-state index contributed by atoms with van der Waals surface area (Å²) in [6.07, 6.45) is -0.510. The monoisotopic (exact) mass is 204 g/mol. The van der Waals surface area contributed by atoms with Crippen LogP contribution in [0.3, 0.4) is 0 Å². The fourth-order valence-corrected chi connectivity index (χ4v) is 2.13. The average molecular weight is 204 g/mol. The molecule has 0 N–H and O–H groups in total. The van der Waals surface area contributed by atoms with E-state index in [4.69, 9.17) is 9.26 Å². The minimum absolute atomic E-state index is 0.358. The van der Waals surface area contributed by atoms with E-state index in [9.17, 15) is 4.57 Å². The summed E-state index contributed by atoms with van der Waals surface area (Å²) in [7, 11) is 1.16. The molecule has 1 aromatic rings. The number of methoxy groups -OCH3 is 1. The maximum Gasteiger partial charge on any atom is 0.330 e. The topological polar surface area (TPSA) is 35.5 Å². The van der Waals surface area contributed by atoms with Crippen LogP contribution in [0.15, 0.2) is 11.4 Å². The quantitative estimate of drug-likeness (QED) is 0.558. The molecule has 66 valence electrons. The molecule has 12 heavy (non-hydrogen) atoms. The van der Waals surface area contributed by atoms with Gasteiger partial charge in [0.15, 0.2) is 0 Å². The Labute approximate surface area is 76.6 Å². The fourth-order valence-electron chi connectivity index (χ4n) is 0.863. The summed E-state index contributed by atoms with van der Waals surface area (Å²) in [6.45, 7) is 1.96. The van der Waals surface area contributed by atoms with E-state index >= 15 is 0 Å². The molecule has 5 heteroatoms. The second kappa shape index (κ2) is 4.67. The van der Waals surface area contributed by atoms with Crippen molar-refractivity contribution in [2.75, 3.05) is 7.11 Å². The molecule has 0 saturated heterocycles. The van der Waals surface area contributed by atoms with E-state index in [1.807, 2.05) is 18.4 Å². The van der Waals surface area contributed by atoms with Gasteiger partial charge in [-0.05, 0) is 23.9 Å². The molecular weight excluding hydrogens is 195 g/mol. The lowest BCUT2D eigenvalue weighted by molar-refractivity contribution is -0.0457. The lowest BCUT2D eigenvalue weighted by Gasteiger charge is -2.09. The molecule has 0 radical (unpaired) electrons. The van der Waals surface area contributed by atoms with Gasteiger partial charge < -0.3 is 4.74 Å². The molecule has 0 aliphatic rings. The van der Waals surface area contributed by atoms with Crippen molar-refractivity contribution < 1.29 is 13.8 Å². The third-order valence-electron chi connectivity index (χ3n) is 1.47. The highest BCUT2D eigenvalue weighted by Gasteiger charge is 2.14. The van der Waals surface area contributed by atoms with Crippen LogP contribution in [0.25, 0.3) is 0 Å². The summed E-state index contributed by atoms with van der Waals surface area (Å²) >= 11 is 1.53. The van der Waals surface area contributed by atoms with Crippen molar-refractivity contribution in [1.82, 2.24) is 0 Å². The normalized spacial score (nSPS) is 13.5. The summed E-state index contributed by atoms with van der Waals surface area (Å²) in [5, 5.41) is 1.95. The molecule has 1 atom stereocenters. The molecule has 0 aliphatic heterocycles. The summed E-state index contributed by atoms with van der Waals surface area (Å²) in [5.41, 5.74) is 1.09. The smallest absolute Gasteiger partial charge is 0.330 e. The number of aryl methyl sites for hydroxylation is 1. The van der Waals surface area contributed by atoms with Gasteiger partial charge in [-0.1, -0.05) is 0 Å². The molecule has 0 amide bonds. The van der Waals surface area contributed by atoms with E-state index < -0.39 is 6.29 Å². The third kappa shape index (κ3) is 2.11. The maximum absolute atomic E-state index is 10.2. The summed E-state index contributed by atoms with van der Waals surface area (Å²) in [6, 6.07) is 1.97. The van der Waals surface area contributed by atoms with Gasteiger partial charge in [0.2, 0.25) is 6.29 Å². The molecule has 0 spiro atoms. The largest absolute Gasteiger partial charge is 0.350 e. The fraction of sp³-hybridized carbons (Fsp3) is 0.429. The van der Waals surface area contributed by atoms with Crippen molar-refractivity contribution >= 4 is 20.0 Å². The van der Waals surface area contributed by atoms with Crippen molar-refractivity contribution in [1.29, 1.82) is 0 Å². The predicted octanol–water partition coefficient (Wildman–Crippen LogP) is 2.92. The second-order valence-electron chi connectivity index (χ2n) is 2.22. The highest BCUT2D eigenvalue weighted by Crippen LogP contribution is 2.29. The van der Waals surface area contributed by atoms with Gasteiger partial charge in [-0.2, -0.15) is 0 Å². The van der Waals surface area contributed by atoms with Crippen molar-refractivity contribution in [2.45, 2.75) is 13.2 Å². The summed E-state index contributed by atoms with van der Waals surface area (Å²) in [5.74, 6) is 0. The third-order valence-corrected chi connectivity index (χ3v) is 2.79. The average Bonchev–Trinajstić information content (AvgIpc) is 2.47. The first-order valence-electron chi connectivity index (χ1n) is 3.35. The highest BCUT2D eigenvalue weighted by molar-refractivity contribution is 7.17. The van der Waals surface area contributed by atoms with Gasteiger partial charge >= 0.3 is 8.69 Å². The lowest BCUT2D eigenvalue weighted by atomic mass is 10.3. The number of ether oxygens (including phenoxy) is 1. The van der Waals surface area contributed by atoms with Gasteiger partial charge in [-0.25, -0.2) is 4.57 Å². The Balaban J connectivity index is 2.78. The Morgan fingerprint density at radius 1 is 1.67 bits per heavy atom. The Morgan fingerprint density at radius 3 is 2.83 bits per heavy atom. The summed E-state index contributed by atoms with van der Waals surface area (Å²) in [4.78, 5) is 0.959. The SMILES string of the molecule is COC(OP=O)c1sccc1C. The molecule has 1 heterocycles. The molecular formula is C7H9O3PS. The molecule has 1 rings (SSSR count). The lowest BCUT2D eigenvalue weighted by Crippen LogP contribution is -1.99. The molecule has 1 aromatic heterocycles. The van der Waals surface area contributed by atoms with Gasteiger partial charge in [-0.3, -0.25) is 4.52 Å². The highest BCUT2D eigenvalue weighted by atomic mass is 32.1. The van der Waals surface area contributed by atoms with Crippen LogP contribution in [-0.2, 0) is 13.8 Å². The van der Waals surface area contributed by atoms with Crippen LogP contribution in [0.1, 0.15) is 16.7 Å². The first-order valence-corrected chi connectivity index (χ1v) is 4.96. The Bertz CT molecular complexity index is 261. The van der Waals surface area contributed by atoms with Gasteiger partial charge in [0.25, 0.3) is 0 Å². The van der Waals surface area contributed by atoms with Crippen molar-refractivity contribution in [2.24, 2.45) is 0 Å². The predicted molar refractivity (Wildman–Crippen MR) is 47.5 cm³/mol. The van der Waals surface area contributed by atoms with Crippen LogP contribution in [0.2, 0.25) is 0 Å². The van der Waals surface area contributed by atoms with Gasteiger partial charge in [-0.15, -0.1) is 11.3 Å². The number of hydrogen-bond acceptors (Lipinski definition) is 4. The van der Waals surface area contributed by atoms with Gasteiger partial charge in [0.1, 0.15) is 0 Å². The zero-order valence-corrected chi connectivity index (χ0v) is 8.52. The number of rotatable bonds is 4. The van der Waals surface area contributed by atoms with E-state index in [1.54, 1.807) is 0 Å². The Hall–Kier alpha value is -0.280. The zero-order valence-electron chi connectivity index (χ0n) is 6.81. The Kier molecular flexibility index (Phi) is 3.82. The Morgan fingerprint density at radius 2 is 2.42 bits per heavy atom. The number of thiophene rings is 1. The maximum atomic E-state index is 10.2. The van der Waals surface area contributed by atoms with Gasteiger partial charge in [0.05, 0.1) is 4.88 Å². The minimum Gasteiger partial charge on any atom is -0.350 e. The van der Waals surface area contributed by atoms with E-state index in [0.29, 0.717) is 0 Å². The van der Waals surface area contributed by atoms with E-state index in [-0.39, 0.29) is 8.69 Å². The molecule has 0 aliphatic carbocycles. The van der Waals surface area contributed by atoms with Crippen LogP contribution in [0, 0.1) is 6.92 Å². The van der Waals surface area contributed by atoms with Crippen LogP contribution >= 0.6 is 20.0 Å². The molecule has 0 bridgehead atoms. The van der Waals surface area contributed by atoms with Gasteiger partial charge in [0, 0.05) is 7.11 Å². The summed E-state index contributed by atoms with van der Waals surface area (Å²) < 4.78 is 20.0. The van der Waals surface area contributed by atoms with E-state index in [2.05, 4.69) is 0 Å². The van der Waals surface area contributed by atoms with E-state index in [1.165, 1.54) is 18.4 Å². The van der Waals surface area contributed by atoms with Crippen LogP contribution in [0.5, 0.6) is 0 Å². The second-order valence-corrected chi connectivity index (χ2v) is 3.52. The molecule has 0 aromatic carbocycles. The number of hydrogen-bond donors (Lipinski definition) is 0. The van der Waals surface area contributed by atoms with E-state index in [0.717, 1.165) is 10.4 Å². The van der Waals surface area contributed by atoms with Crippen molar-refractivity contribution in [3.05, 3.63) is 21.9 Å².